The summed E-state index contributed by atoms with van der Waals surface area (Å²) in [6.45, 7) is 5.65. The first kappa shape index (κ1) is 17.2. The van der Waals surface area contributed by atoms with Crippen LogP contribution in [0.15, 0.2) is 47.5 Å². The fourth-order valence-electron chi connectivity index (χ4n) is 3.00. The maximum atomic E-state index is 12.8. The monoisotopic (exact) mass is 365 g/mol. The second kappa shape index (κ2) is 6.70. The third kappa shape index (κ3) is 3.41. The minimum Gasteiger partial charge on any atom is -0.366 e. The van der Waals surface area contributed by atoms with Crippen LogP contribution in [0.25, 0.3) is 0 Å². The summed E-state index contributed by atoms with van der Waals surface area (Å²) in [6.07, 6.45) is 1.31. The van der Waals surface area contributed by atoms with Crippen LogP contribution >= 0.6 is 11.6 Å². The molecule has 1 aliphatic rings. The Kier molecular flexibility index (Phi) is 4.80. The molecule has 24 heavy (non-hydrogen) atoms. The Bertz CT molecular complexity index is 824. The molecule has 0 aliphatic carbocycles. The molecule has 0 N–H and O–H groups in total. The third-order valence-corrected chi connectivity index (χ3v) is 6.33. The predicted molar refractivity (Wildman–Crippen MR) is 96.0 cm³/mol. The maximum Gasteiger partial charge on any atom is 0.244 e. The number of nitrogens with zero attached hydrogens (tertiary/aromatic N) is 3. The fraction of sp³-hybridized carbons (Fsp3) is 0.353. The molecule has 1 atom stereocenters. The van der Waals surface area contributed by atoms with E-state index in [1.165, 1.54) is 28.2 Å². The van der Waals surface area contributed by atoms with E-state index in [1.807, 2.05) is 13.0 Å². The minimum absolute atomic E-state index is 0.0931. The molecule has 0 radical (unpaired) electrons. The van der Waals surface area contributed by atoms with Crippen LogP contribution in [0, 0.1) is 6.92 Å². The molecular weight excluding hydrogens is 346 g/mol. The second-order valence-electron chi connectivity index (χ2n) is 6.06. The molecule has 1 saturated heterocycles. The number of anilines is 1. The molecule has 0 spiro atoms. The van der Waals surface area contributed by atoms with Crippen LogP contribution in [-0.4, -0.2) is 43.4 Å². The molecular formula is C17H20ClN3O2S. The Labute approximate surface area is 147 Å². The summed E-state index contributed by atoms with van der Waals surface area (Å²) in [5.41, 5.74) is 2.33. The lowest BCUT2D eigenvalue weighted by atomic mass is 10.1. The first-order valence-corrected chi connectivity index (χ1v) is 9.65. The average Bonchev–Trinajstić information content (AvgIpc) is 2.55. The van der Waals surface area contributed by atoms with Gasteiger partial charge in [0.15, 0.2) is 0 Å². The van der Waals surface area contributed by atoms with Gasteiger partial charge in [0.2, 0.25) is 10.0 Å². The number of sulfonamides is 1. The van der Waals surface area contributed by atoms with Crippen molar-refractivity contribution >= 4 is 27.3 Å². The van der Waals surface area contributed by atoms with Crippen molar-refractivity contribution in [3.63, 3.8) is 0 Å². The van der Waals surface area contributed by atoms with Gasteiger partial charge in [0.25, 0.3) is 0 Å². The third-order valence-electron chi connectivity index (χ3n) is 4.26. The smallest absolute Gasteiger partial charge is 0.244 e. The predicted octanol–water partition coefficient (Wildman–Crippen LogP) is 2.94. The molecule has 0 saturated carbocycles. The Morgan fingerprint density at radius 3 is 2.62 bits per heavy atom. The number of pyridine rings is 1. The lowest BCUT2D eigenvalue weighted by Crippen LogP contribution is -2.53. The molecule has 0 amide bonds. The van der Waals surface area contributed by atoms with Crippen LogP contribution in [0.4, 0.5) is 5.69 Å². The van der Waals surface area contributed by atoms with Crippen molar-refractivity contribution in [3.8, 4) is 0 Å². The molecule has 1 aromatic heterocycles. The highest BCUT2D eigenvalue weighted by Gasteiger charge is 2.32. The van der Waals surface area contributed by atoms with Crippen LogP contribution < -0.4 is 4.90 Å². The van der Waals surface area contributed by atoms with E-state index in [0.29, 0.717) is 19.6 Å². The van der Waals surface area contributed by atoms with Gasteiger partial charge >= 0.3 is 0 Å². The Balaban J connectivity index is 1.79. The molecule has 2 heterocycles. The lowest BCUT2D eigenvalue weighted by Gasteiger charge is -2.40. The first-order valence-electron chi connectivity index (χ1n) is 7.83. The molecule has 5 nitrogen and oxygen atoms in total. The van der Waals surface area contributed by atoms with Crippen molar-refractivity contribution in [2.75, 3.05) is 24.5 Å². The molecule has 1 aromatic carbocycles. The number of halogens is 1. The summed E-state index contributed by atoms with van der Waals surface area (Å²) >= 11 is 5.74. The number of aryl methyl sites for hydroxylation is 1. The summed E-state index contributed by atoms with van der Waals surface area (Å²) in [4.78, 5) is 6.31. The molecule has 1 fully saturated rings. The van der Waals surface area contributed by atoms with Gasteiger partial charge in [-0.3, -0.25) is 0 Å². The maximum absolute atomic E-state index is 12.8. The van der Waals surface area contributed by atoms with E-state index >= 15 is 0 Å². The lowest BCUT2D eigenvalue weighted by molar-refractivity contribution is 0.342. The SMILES string of the molecule is Cc1cccc(N2CCN(S(=O)(=O)c3ccc(Cl)nc3)C[C@@H]2C)c1. The van der Waals surface area contributed by atoms with Crippen LogP contribution in [0.3, 0.4) is 0 Å². The van der Waals surface area contributed by atoms with Gasteiger partial charge in [0, 0.05) is 37.6 Å². The van der Waals surface area contributed by atoms with E-state index < -0.39 is 10.0 Å². The quantitative estimate of drug-likeness (QED) is 0.785. The minimum atomic E-state index is -3.54. The molecule has 0 bridgehead atoms. The van der Waals surface area contributed by atoms with Crippen molar-refractivity contribution < 1.29 is 8.42 Å². The number of aromatic nitrogens is 1. The molecule has 2 aromatic rings. The summed E-state index contributed by atoms with van der Waals surface area (Å²) in [5, 5.41) is 0.284. The fourth-order valence-corrected chi connectivity index (χ4v) is 4.57. The summed E-state index contributed by atoms with van der Waals surface area (Å²) in [7, 11) is -3.54. The Morgan fingerprint density at radius 2 is 2.00 bits per heavy atom. The topological polar surface area (TPSA) is 53.5 Å². The van der Waals surface area contributed by atoms with Gasteiger partial charge in [0.05, 0.1) is 0 Å². The van der Waals surface area contributed by atoms with Crippen LogP contribution in [0.5, 0.6) is 0 Å². The van der Waals surface area contributed by atoms with Crippen LogP contribution in [-0.2, 0) is 10.0 Å². The number of hydrogen-bond donors (Lipinski definition) is 0. The van der Waals surface area contributed by atoms with Crippen LogP contribution in [0.1, 0.15) is 12.5 Å². The van der Waals surface area contributed by atoms with E-state index in [9.17, 15) is 8.42 Å². The van der Waals surface area contributed by atoms with E-state index in [1.54, 1.807) is 0 Å². The summed E-state index contributed by atoms with van der Waals surface area (Å²) in [6, 6.07) is 11.4. The van der Waals surface area contributed by atoms with Crippen molar-refractivity contribution in [1.82, 2.24) is 9.29 Å². The van der Waals surface area contributed by atoms with E-state index in [0.717, 1.165) is 5.69 Å². The Hall–Kier alpha value is -1.63. The zero-order chi connectivity index (χ0) is 17.3. The molecule has 7 heteroatoms. The van der Waals surface area contributed by atoms with Crippen molar-refractivity contribution in [3.05, 3.63) is 53.3 Å². The molecule has 0 unspecified atom stereocenters. The van der Waals surface area contributed by atoms with Gasteiger partial charge in [-0.05, 0) is 43.7 Å². The molecule has 128 valence electrons. The van der Waals surface area contributed by atoms with Gasteiger partial charge in [-0.2, -0.15) is 4.31 Å². The van der Waals surface area contributed by atoms with E-state index in [4.69, 9.17) is 11.6 Å². The highest BCUT2D eigenvalue weighted by Crippen LogP contribution is 2.25. The molecule has 1 aliphatic heterocycles. The van der Waals surface area contributed by atoms with Crippen molar-refractivity contribution in [2.24, 2.45) is 0 Å². The standard InChI is InChI=1S/C17H20ClN3O2S/c1-13-4-3-5-15(10-13)21-9-8-20(12-14(21)2)24(22,23)16-6-7-17(18)19-11-16/h3-7,10-11,14H,8-9,12H2,1-2H3/t14-/m0/s1. The Morgan fingerprint density at radius 1 is 1.21 bits per heavy atom. The van der Waals surface area contributed by atoms with Gasteiger partial charge < -0.3 is 4.90 Å². The second-order valence-corrected chi connectivity index (χ2v) is 8.39. The number of benzene rings is 1. The van der Waals surface area contributed by atoms with Gasteiger partial charge in [0.1, 0.15) is 10.0 Å². The van der Waals surface area contributed by atoms with E-state index in [-0.39, 0.29) is 16.1 Å². The average molecular weight is 366 g/mol. The van der Waals surface area contributed by atoms with Gasteiger partial charge in [-0.15, -0.1) is 0 Å². The van der Waals surface area contributed by atoms with Gasteiger partial charge in [-0.25, -0.2) is 13.4 Å². The van der Waals surface area contributed by atoms with Crippen molar-refractivity contribution in [1.29, 1.82) is 0 Å². The normalized spacial score (nSPS) is 19.5. The number of piperazine rings is 1. The molecule has 3 rings (SSSR count). The first-order chi connectivity index (χ1) is 11.4. The van der Waals surface area contributed by atoms with Gasteiger partial charge in [-0.1, -0.05) is 23.7 Å². The number of hydrogen-bond acceptors (Lipinski definition) is 4. The zero-order valence-corrected chi connectivity index (χ0v) is 15.3. The zero-order valence-electron chi connectivity index (χ0n) is 13.7. The highest BCUT2D eigenvalue weighted by atomic mass is 35.5. The van der Waals surface area contributed by atoms with Crippen LogP contribution in [0.2, 0.25) is 5.15 Å². The highest BCUT2D eigenvalue weighted by molar-refractivity contribution is 7.89. The number of rotatable bonds is 3. The van der Waals surface area contributed by atoms with Crippen molar-refractivity contribution in [2.45, 2.75) is 24.8 Å². The van der Waals surface area contributed by atoms with E-state index in [2.05, 4.69) is 35.0 Å². The summed E-state index contributed by atoms with van der Waals surface area (Å²) < 4.78 is 27.1. The largest absolute Gasteiger partial charge is 0.366 e. The summed E-state index contributed by atoms with van der Waals surface area (Å²) in [5.74, 6) is 0.